The van der Waals surface area contributed by atoms with Crippen LogP contribution in [0.3, 0.4) is 0 Å². The fourth-order valence-electron chi connectivity index (χ4n) is 2.41. The van der Waals surface area contributed by atoms with Crippen LogP contribution in [0.15, 0.2) is 40.9 Å². The number of nitrogens with zero attached hydrogens (tertiary/aromatic N) is 1. The Kier molecular flexibility index (Phi) is 5.02. The quantitative estimate of drug-likeness (QED) is 0.492. The monoisotopic (exact) mass is 428 g/mol. The standard InChI is InChI=1S/C17H12BrCl3N2/c1-9-17(13-4-2-12(20)8-15(13)21)23-16(22-9)7-10-6-11(19)3-5-14(10)18/h2-6,8H,7H2,1H3,(H,22,23). The molecular weight excluding hydrogens is 418 g/mol. The second kappa shape index (κ2) is 6.86. The van der Waals surface area contributed by atoms with Crippen LogP contribution in [0, 0.1) is 6.92 Å². The number of aromatic amines is 1. The van der Waals surface area contributed by atoms with Crippen molar-refractivity contribution in [3.8, 4) is 11.3 Å². The fourth-order valence-corrected chi connectivity index (χ4v) is 3.49. The highest BCUT2D eigenvalue weighted by atomic mass is 79.9. The number of H-pyrrole nitrogens is 1. The number of imidazole rings is 1. The van der Waals surface area contributed by atoms with Crippen molar-refractivity contribution < 1.29 is 0 Å². The highest BCUT2D eigenvalue weighted by Gasteiger charge is 2.13. The smallest absolute Gasteiger partial charge is 0.111 e. The Morgan fingerprint density at radius 3 is 2.48 bits per heavy atom. The Bertz CT molecular complexity index is 874. The van der Waals surface area contributed by atoms with Gasteiger partial charge in [0.2, 0.25) is 0 Å². The summed E-state index contributed by atoms with van der Waals surface area (Å²) in [6, 6.07) is 11.1. The van der Waals surface area contributed by atoms with Crippen molar-refractivity contribution in [2.45, 2.75) is 13.3 Å². The zero-order valence-corrected chi connectivity index (χ0v) is 16.0. The topological polar surface area (TPSA) is 28.7 Å². The van der Waals surface area contributed by atoms with Crippen LogP contribution in [0.1, 0.15) is 17.1 Å². The predicted molar refractivity (Wildman–Crippen MR) is 101 cm³/mol. The van der Waals surface area contributed by atoms with Gasteiger partial charge in [-0.3, -0.25) is 0 Å². The first-order valence-corrected chi connectivity index (χ1v) is 8.81. The highest BCUT2D eigenvalue weighted by molar-refractivity contribution is 9.10. The van der Waals surface area contributed by atoms with Gasteiger partial charge >= 0.3 is 0 Å². The van der Waals surface area contributed by atoms with Gasteiger partial charge < -0.3 is 4.98 Å². The van der Waals surface area contributed by atoms with E-state index in [0.29, 0.717) is 21.5 Å². The molecule has 0 aliphatic heterocycles. The summed E-state index contributed by atoms with van der Waals surface area (Å²) in [5.74, 6) is 0.853. The Morgan fingerprint density at radius 1 is 1.04 bits per heavy atom. The van der Waals surface area contributed by atoms with E-state index in [0.717, 1.165) is 32.8 Å². The predicted octanol–water partition coefficient (Wildman–Crippen LogP) is 6.70. The number of hydrogen-bond acceptors (Lipinski definition) is 1. The Morgan fingerprint density at radius 2 is 1.74 bits per heavy atom. The van der Waals surface area contributed by atoms with Gasteiger partial charge in [-0.05, 0) is 48.9 Å². The number of halogens is 4. The summed E-state index contributed by atoms with van der Waals surface area (Å²) < 4.78 is 1.00. The lowest BCUT2D eigenvalue weighted by Crippen LogP contribution is -1.92. The second-order valence-electron chi connectivity index (χ2n) is 5.19. The van der Waals surface area contributed by atoms with Crippen molar-refractivity contribution in [1.82, 2.24) is 9.97 Å². The number of aryl methyl sites for hydroxylation is 1. The molecule has 0 saturated heterocycles. The van der Waals surface area contributed by atoms with Crippen molar-refractivity contribution in [3.63, 3.8) is 0 Å². The van der Waals surface area contributed by atoms with Gasteiger partial charge in [0.15, 0.2) is 0 Å². The van der Waals surface area contributed by atoms with Crippen LogP contribution >= 0.6 is 50.7 Å². The van der Waals surface area contributed by atoms with Crippen molar-refractivity contribution in [1.29, 1.82) is 0 Å². The van der Waals surface area contributed by atoms with Crippen LogP contribution in [-0.2, 0) is 6.42 Å². The van der Waals surface area contributed by atoms with E-state index >= 15 is 0 Å². The van der Waals surface area contributed by atoms with Gasteiger partial charge in [-0.25, -0.2) is 4.98 Å². The zero-order chi connectivity index (χ0) is 16.6. The number of nitrogens with one attached hydrogen (secondary N) is 1. The molecule has 3 rings (SSSR count). The summed E-state index contributed by atoms with van der Waals surface area (Å²) in [4.78, 5) is 8.00. The number of benzene rings is 2. The van der Waals surface area contributed by atoms with Gasteiger partial charge in [-0.15, -0.1) is 0 Å². The maximum Gasteiger partial charge on any atom is 0.111 e. The Hall–Kier alpha value is -1.000. The van der Waals surface area contributed by atoms with E-state index in [4.69, 9.17) is 34.8 Å². The van der Waals surface area contributed by atoms with Crippen molar-refractivity contribution in [2.24, 2.45) is 0 Å². The molecule has 0 unspecified atom stereocenters. The van der Waals surface area contributed by atoms with Crippen molar-refractivity contribution in [3.05, 3.63) is 73.0 Å². The van der Waals surface area contributed by atoms with Crippen LogP contribution in [-0.4, -0.2) is 9.97 Å². The van der Waals surface area contributed by atoms with E-state index in [2.05, 4.69) is 25.9 Å². The average molecular weight is 431 g/mol. The molecule has 23 heavy (non-hydrogen) atoms. The molecule has 0 saturated carbocycles. The molecule has 0 spiro atoms. The highest BCUT2D eigenvalue weighted by Crippen LogP contribution is 2.32. The molecule has 3 aromatic rings. The van der Waals surface area contributed by atoms with Crippen molar-refractivity contribution in [2.75, 3.05) is 0 Å². The zero-order valence-electron chi connectivity index (χ0n) is 12.1. The van der Waals surface area contributed by atoms with E-state index < -0.39 is 0 Å². The minimum absolute atomic E-state index is 0.586. The largest absolute Gasteiger partial charge is 0.345 e. The van der Waals surface area contributed by atoms with Gasteiger partial charge in [0.1, 0.15) is 5.82 Å². The molecule has 1 heterocycles. The number of hydrogen-bond donors (Lipinski definition) is 1. The molecular formula is C17H12BrCl3N2. The minimum atomic E-state index is 0.586. The lowest BCUT2D eigenvalue weighted by Gasteiger charge is -2.03. The first kappa shape index (κ1) is 16.8. The number of rotatable bonds is 3. The normalized spacial score (nSPS) is 11.0. The van der Waals surface area contributed by atoms with Crippen LogP contribution < -0.4 is 0 Å². The van der Waals surface area contributed by atoms with E-state index in [1.165, 1.54) is 0 Å². The third kappa shape index (κ3) is 3.74. The maximum atomic E-state index is 6.29. The summed E-state index contributed by atoms with van der Waals surface area (Å²) in [6.45, 7) is 1.98. The van der Waals surface area contributed by atoms with Gasteiger partial charge in [-0.1, -0.05) is 50.7 Å². The molecule has 1 N–H and O–H groups in total. The third-order valence-electron chi connectivity index (χ3n) is 3.49. The molecule has 2 aromatic carbocycles. The summed E-state index contributed by atoms with van der Waals surface area (Å²) >= 11 is 21.9. The molecule has 2 nitrogen and oxygen atoms in total. The molecule has 0 aliphatic carbocycles. The maximum absolute atomic E-state index is 6.29. The number of aromatic nitrogens is 2. The second-order valence-corrected chi connectivity index (χ2v) is 7.33. The van der Waals surface area contributed by atoms with Crippen molar-refractivity contribution >= 4 is 50.7 Å². The van der Waals surface area contributed by atoms with Crippen LogP contribution in [0.5, 0.6) is 0 Å². The third-order valence-corrected chi connectivity index (χ3v) is 5.04. The Labute approximate surface area is 157 Å². The molecule has 0 atom stereocenters. The lowest BCUT2D eigenvalue weighted by molar-refractivity contribution is 1.01. The van der Waals surface area contributed by atoms with Gasteiger partial charge in [0.05, 0.1) is 10.7 Å². The molecule has 0 amide bonds. The van der Waals surface area contributed by atoms with Gasteiger partial charge in [0.25, 0.3) is 0 Å². The molecule has 0 radical (unpaired) electrons. The fraction of sp³-hybridized carbons (Fsp3) is 0.118. The van der Waals surface area contributed by atoms with Crippen LogP contribution in [0.2, 0.25) is 15.1 Å². The van der Waals surface area contributed by atoms with E-state index in [1.807, 2.05) is 37.3 Å². The lowest BCUT2D eigenvalue weighted by atomic mass is 10.1. The molecule has 1 aromatic heterocycles. The summed E-state index contributed by atoms with van der Waals surface area (Å²) in [7, 11) is 0. The molecule has 0 fully saturated rings. The van der Waals surface area contributed by atoms with Crippen LogP contribution in [0.4, 0.5) is 0 Å². The molecule has 0 bridgehead atoms. The summed E-state index contributed by atoms with van der Waals surface area (Å²) in [5, 5.41) is 1.89. The molecule has 118 valence electrons. The average Bonchev–Trinajstić information content (AvgIpc) is 2.83. The summed E-state index contributed by atoms with van der Waals surface area (Å²) in [6.07, 6.45) is 0.646. The SMILES string of the molecule is Cc1[nH]c(Cc2cc(Cl)ccc2Br)nc1-c1ccc(Cl)cc1Cl. The van der Waals surface area contributed by atoms with Crippen LogP contribution in [0.25, 0.3) is 11.3 Å². The molecule has 0 aliphatic rings. The Balaban J connectivity index is 1.96. The van der Waals surface area contributed by atoms with Gasteiger partial charge in [0, 0.05) is 32.2 Å². The molecule has 6 heteroatoms. The minimum Gasteiger partial charge on any atom is -0.345 e. The van der Waals surface area contributed by atoms with E-state index in [9.17, 15) is 0 Å². The van der Waals surface area contributed by atoms with E-state index in [-0.39, 0.29) is 0 Å². The summed E-state index contributed by atoms with van der Waals surface area (Å²) in [5.41, 5.74) is 3.73. The van der Waals surface area contributed by atoms with E-state index in [1.54, 1.807) is 6.07 Å². The first-order chi connectivity index (χ1) is 10.9. The van der Waals surface area contributed by atoms with Gasteiger partial charge in [-0.2, -0.15) is 0 Å². The first-order valence-electron chi connectivity index (χ1n) is 6.89.